The van der Waals surface area contributed by atoms with Crippen LogP contribution >= 0.6 is 0 Å². The fourth-order valence-electron chi connectivity index (χ4n) is 4.56. The molecule has 5 rings (SSSR count). The van der Waals surface area contributed by atoms with E-state index in [1.54, 1.807) is 71.6 Å². The van der Waals surface area contributed by atoms with Crippen molar-refractivity contribution in [3.8, 4) is 0 Å². The Morgan fingerprint density at radius 3 is 2.02 bits per heavy atom. The Hall–Kier alpha value is -4.47. The lowest BCUT2D eigenvalue weighted by molar-refractivity contribution is 0.0303. The summed E-state index contributed by atoms with van der Waals surface area (Å²) >= 11 is 0. The number of hydrogen-bond acceptors (Lipinski definition) is 5. The van der Waals surface area contributed by atoms with Crippen LogP contribution in [0.2, 0.25) is 0 Å². The fraction of sp³-hybridized carbons (Fsp3) is 0.161. The molecule has 40 heavy (non-hydrogen) atoms. The van der Waals surface area contributed by atoms with Crippen LogP contribution in [0, 0.1) is 0 Å². The zero-order valence-electron chi connectivity index (χ0n) is 21.8. The summed E-state index contributed by atoms with van der Waals surface area (Å²) in [5.74, 6) is -0.732. The van der Waals surface area contributed by atoms with Crippen molar-refractivity contribution < 1.29 is 22.7 Å². The first-order valence-electron chi connectivity index (χ1n) is 12.9. The maximum absolute atomic E-state index is 13.9. The first-order chi connectivity index (χ1) is 19.4. The monoisotopic (exact) mass is 555 g/mol. The van der Waals surface area contributed by atoms with E-state index in [9.17, 15) is 18.0 Å². The molecule has 2 amide bonds. The predicted molar refractivity (Wildman–Crippen MR) is 154 cm³/mol. The zero-order chi connectivity index (χ0) is 28.0. The van der Waals surface area contributed by atoms with Gasteiger partial charge in [0.1, 0.15) is 0 Å². The highest BCUT2D eigenvalue weighted by Gasteiger charge is 2.29. The van der Waals surface area contributed by atoms with Gasteiger partial charge in [-0.05, 0) is 42.0 Å². The molecule has 0 aromatic heterocycles. The predicted octanol–water partition coefficient (Wildman–Crippen LogP) is 4.81. The lowest BCUT2D eigenvalue weighted by Crippen LogP contribution is -2.41. The Labute approximate surface area is 233 Å². The molecule has 0 saturated carbocycles. The molecule has 0 aliphatic carbocycles. The van der Waals surface area contributed by atoms with Crippen LogP contribution in [0.3, 0.4) is 0 Å². The smallest absolute Gasteiger partial charge is 0.264 e. The second-order valence-electron chi connectivity index (χ2n) is 9.23. The number of carbonyl (C=O) groups excluding carboxylic acids is 2. The molecule has 1 heterocycles. The highest BCUT2D eigenvalue weighted by Crippen LogP contribution is 2.30. The molecule has 204 valence electrons. The van der Waals surface area contributed by atoms with Crippen molar-refractivity contribution in [2.24, 2.45) is 0 Å². The molecule has 1 N–H and O–H groups in total. The Morgan fingerprint density at radius 1 is 0.750 bits per heavy atom. The van der Waals surface area contributed by atoms with Crippen molar-refractivity contribution >= 4 is 33.2 Å². The third-order valence-corrected chi connectivity index (χ3v) is 8.40. The molecule has 0 bridgehead atoms. The number of anilines is 2. The summed E-state index contributed by atoms with van der Waals surface area (Å²) in [6.45, 7) is 1.88. The Bertz CT molecular complexity index is 1590. The average molecular weight is 556 g/mol. The van der Waals surface area contributed by atoms with Crippen LogP contribution in [0.1, 0.15) is 26.3 Å². The number of hydrogen-bond donors (Lipinski definition) is 1. The SMILES string of the molecule is O=C(Nc1ccccc1C(=O)N1CCOCC1)c1ccccc1N(Cc1ccccc1)S(=O)(=O)c1ccccc1. The molecule has 1 saturated heterocycles. The van der Waals surface area contributed by atoms with Gasteiger partial charge < -0.3 is 15.0 Å². The molecule has 0 radical (unpaired) electrons. The number of para-hydroxylation sites is 2. The molecule has 1 fully saturated rings. The fourth-order valence-corrected chi connectivity index (χ4v) is 6.05. The topological polar surface area (TPSA) is 96.0 Å². The number of benzene rings is 4. The van der Waals surface area contributed by atoms with Crippen LogP contribution in [0.25, 0.3) is 0 Å². The number of morpholine rings is 1. The molecule has 1 aliphatic heterocycles. The maximum atomic E-state index is 13.9. The number of ether oxygens (including phenoxy) is 1. The molecular formula is C31H29N3O5S. The summed E-state index contributed by atoms with van der Waals surface area (Å²) < 4.78 is 34.5. The highest BCUT2D eigenvalue weighted by atomic mass is 32.2. The number of sulfonamides is 1. The zero-order valence-corrected chi connectivity index (χ0v) is 22.6. The van der Waals surface area contributed by atoms with Gasteiger partial charge in [-0.1, -0.05) is 72.8 Å². The van der Waals surface area contributed by atoms with E-state index in [2.05, 4.69) is 5.32 Å². The van der Waals surface area contributed by atoms with Gasteiger partial charge in [0.2, 0.25) is 0 Å². The first-order valence-corrected chi connectivity index (χ1v) is 14.4. The Balaban J connectivity index is 1.51. The minimum atomic E-state index is -4.04. The number of rotatable bonds is 8. The largest absolute Gasteiger partial charge is 0.378 e. The van der Waals surface area contributed by atoms with Crippen LogP contribution in [-0.2, 0) is 21.3 Å². The van der Waals surface area contributed by atoms with Crippen LogP contribution < -0.4 is 9.62 Å². The van der Waals surface area contributed by atoms with Crippen molar-refractivity contribution in [3.63, 3.8) is 0 Å². The second-order valence-corrected chi connectivity index (χ2v) is 11.1. The van der Waals surface area contributed by atoms with Crippen molar-refractivity contribution in [2.45, 2.75) is 11.4 Å². The van der Waals surface area contributed by atoms with E-state index in [-0.39, 0.29) is 28.6 Å². The van der Waals surface area contributed by atoms with E-state index >= 15 is 0 Å². The van der Waals surface area contributed by atoms with E-state index in [1.807, 2.05) is 30.3 Å². The van der Waals surface area contributed by atoms with Gasteiger partial charge in [0, 0.05) is 13.1 Å². The molecule has 9 heteroatoms. The van der Waals surface area contributed by atoms with Gasteiger partial charge in [0.25, 0.3) is 21.8 Å². The highest BCUT2D eigenvalue weighted by molar-refractivity contribution is 7.92. The quantitative estimate of drug-likeness (QED) is 0.337. The molecule has 0 spiro atoms. The molecule has 4 aromatic rings. The third-order valence-electron chi connectivity index (χ3n) is 6.62. The van der Waals surface area contributed by atoms with E-state index in [0.29, 0.717) is 37.6 Å². The van der Waals surface area contributed by atoms with Crippen LogP contribution in [0.4, 0.5) is 11.4 Å². The summed E-state index contributed by atoms with van der Waals surface area (Å²) in [4.78, 5) is 28.8. The Kier molecular flexibility index (Phi) is 8.23. The second kappa shape index (κ2) is 12.1. The number of nitrogens with one attached hydrogen (secondary N) is 1. The molecular weight excluding hydrogens is 526 g/mol. The minimum Gasteiger partial charge on any atom is -0.378 e. The molecule has 1 aliphatic rings. The lowest BCUT2D eigenvalue weighted by atomic mass is 10.1. The van der Waals surface area contributed by atoms with Gasteiger partial charge in [-0.25, -0.2) is 8.42 Å². The Morgan fingerprint density at radius 2 is 1.32 bits per heavy atom. The average Bonchev–Trinajstić information content (AvgIpc) is 3.01. The van der Waals surface area contributed by atoms with Crippen LogP contribution in [0.5, 0.6) is 0 Å². The summed E-state index contributed by atoms with van der Waals surface area (Å²) in [5.41, 5.74) is 1.85. The standard InChI is InChI=1S/C31H29N3O5S/c35-30(32-28-17-9-7-15-26(28)31(36)33-19-21-39-22-20-33)27-16-8-10-18-29(27)34(23-24-11-3-1-4-12-24)40(37,38)25-13-5-2-6-14-25/h1-18H,19-23H2,(H,32,35). The van der Waals surface area contributed by atoms with Gasteiger partial charge in [-0.3, -0.25) is 13.9 Å². The van der Waals surface area contributed by atoms with Crippen LogP contribution in [-0.4, -0.2) is 51.4 Å². The molecule has 0 atom stereocenters. The number of carbonyl (C=O) groups is 2. The van der Waals surface area contributed by atoms with Gasteiger partial charge in [-0.15, -0.1) is 0 Å². The third kappa shape index (κ3) is 5.90. The van der Waals surface area contributed by atoms with Gasteiger partial charge in [0.15, 0.2) is 0 Å². The van der Waals surface area contributed by atoms with Crippen molar-refractivity contribution in [1.82, 2.24) is 4.90 Å². The van der Waals surface area contributed by atoms with E-state index in [1.165, 1.54) is 16.4 Å². The van der Waals surface area contributed by atoms with Gasteiger partial charge >= 0.3 is 0 Å². The summed E-state index contributed by atoms with van der Waals surface area (Å²) in [6, 6.07) is 30.7. The molecule has 8 nitrogen and oxygen atoms in total. The van der Waals surface area contributed by atoms with Gasteiger partial charge in [-0.2, -0.15) is 0 Å². The van der Waals surface area contributed by atoms with E-state index < -0.39 is 15.9 Å². The summed E-state index contributed by atoms with van der Waals surface area (Å²) in [5, 5.41) is 2.86. The van der Waals surface area contributed by atoms with E-state index in [4.69, 9.17) is 4.74 Å². The van der Waals surface area contributed by atoms with Gasteiger partial charge in [0.05, 0.1) is 47.2 Å². The summed E-state index contributed by atoms with van der Waals surface area (Å²) in [7, 11) is -4.04. The molecule has 4 aromatic carbocycles. The number of nitrogens with zero attached hydrogens (tertiary/aromatic N) is 2. The lowest BCUT2D eigenvalue weighted by Gasteiger charge is -2.28. The maximum Gasteiger partial charge on any atom is 0.264 e. The normalized spacial score (nSPS) is 13.4. The molecule has 0 unspecified atom stereocenters. The van der Waals surface area contributed by atoms with E-state index in [0.717, 1.165) is 5.56 Å². The van der Waals surface area contributed by atoms with Crippen molar-refractivity contribution in [1.29, 1.82) is 0 Å². The summed E-state index contributed by atoms with van der Waals surface area (Å²) in [6.07, 6.45) is 0. The first kappa shape index (κ1) is 27.1. The number of amides is 2. The van der Waals surface area contributed by atoms with Crippen molar-refractivity contribution in [2.75, 3.05) is 35.9 Å². The minimum absolute atomic E-state index is 0.0223. The van der Waals surface area contributed by atoms with Crippen LogP contribution in [0.15, 0.2) is 114 Å². The van der Waals surface area contributed by atoms with Crippen molar-refractivity contribution in [3.05, 3.63) is 126 Å².